The van der Waals surface area contributed by atoms with Crippen molar-refractivity contribution in [3.63, 3.8) is 0 Å². The summed E-state index contributed by atoms with van der Waals surface area (Å²) < 4.78 is 10.8. The second kappa shape index (κ2) is 9.41. The topological polar surface area (TPSA) is 46.7 Å². The van der Waals surface area contributed by atoms with Crippen LogP contribution in [0.4, 0.5) is 0 Å². The molecule has 1 saturated heterocycles. The summed E-state index contributed by atoms with van der Waals surface area (Å²) in [5.41, 5.74) is 0. The maximum Gasteiger partial charge on any atom is 0.101 e. The molecule has 4 nitrogen and oxygen atoms in total. The Balaban J connectivity index is 1.85. The zero-order chi connectivity index (χ0) is 12.3. The Hall–Kier alpha value is -0.630. The highest BCUT2D eigenvalue weighted by Crippen LogP contribution is 2.04. The fraction of sp³-hybridized carbons (Fsp3) is 0.923. The molecule has 0 aromatic rings. The number of nitrogens with zero attached hydrogens (tertiary/aromatic N) is 1. The van der Waals surface area contributed by atoms with Gasteiger partial charge in [-0.3, -0.25) is 0 Å². The van der Waals surface area contributed by atoms with E-state index in [0.717, 1.165) is 19.1 Å². The molecule has 4 heteroatoms. The molecule has 0 saturated carbocycles. The first-order valence-electron chi connectivity index (χ1n) is 6.69. The van der Waals surface area contributed by atoms with E-state index < -0.39 is 0 Å². The SMILES string of the molecule is CC1CCC[NH+](CCOCCOCCC#N)C1. The van der Waals surface area contributed by atoms with Gasteiger partial charge in [-0.25, -0.2) is 0 Å². The second-order valence-corrected chi connectivity index (χ2v) is 4.83. The Morgan fingerprint density at radius 1 is 1.24 bits per heavy atom. The maximum atomic E-state index is 8.31. The number of hydrogen-bond acceptors (Lipinski definition) is 3. The molecule has 1 aliphatic rings. The average molecular weight is 241 g/mol. The van der Waals surface area contributed by atoms with Crippen LogP contribution in [0.3, 0.4) is 0 Å². The summed E-state index contributed by atoms with van der Waals surface area (Å²) in [5, 5.41) is 8.31. The van der Waals surface area contributed by atoms with E-state index in [0.29, 0.717) is 26.2 Å². The number of ether oxygens (including phenoxy) is 2. The number of likely N-dealkylation sites (tertiary alicyclic amines) is 1. The molecule has 2 unspecified atom stereocenters. The molecule has 1 rings (SSSR count). The molecule has 0 bridgehead atoms. The zero-order valence-corrected chi connectivity index (χ0v) is 10.9. The van der Waals surface area contributed by atoms with Crippen molar-refractivity contribution in [3.05, 3.63) is 0 Å². The molecule has 0 spiro atoms. The first-order chi connectivity index (χ1) is 8.33. The highest BCUT2D eigenvalue weighted by atomic mass is 16.5. The largest absolute Gasteiger partial charge is 0.378 e. The van der Waals surface area contributed by atoms with Crippen molar-refractivity contribution in [3.8, 4) is 6.07 Å². The van der Waals surface area contributed by atoms with Crippen molar-refractivity contribution in [2.45, 2.75) is 26.2 Å². The first kappa shape index (κ1) is 14.4. The molecule has 98 valence electrons. The molecular weight excluding hydrogens is 216 g/mol. The van der Waals surface area contributed by atoms with Gasteiger partial charge in [0.05, 0.1) is 52.0 Å². The smallest absolute Gasteiger partial charge is 0.101 e. The van der Waals surface area contributed by atoms with Gasteiger partial charge < -0.3 is 14.4 Å². The third kappa shape index (κ3) is 7.32. The molecule has 1 aliphatic heterocycles. The lowest BCUT2D eigenvalue weighted by Gasteiger charge is -2.27. The van der Waals surface area contributed by atoms with Crippen molar-refractivity contribution >= 4 is 0 Å². The minimum absolute atomic E-state index is 0.468. The van der Waals surface area contributed by atoms with Crippen LogP contribution >= 0.6 is 0 Å². The van der Waals surface area contributed by atoms with E-state index in [9.17, 15) is 0 Å². The quantitative estimate of drug-likeness (QED) is 0.620. The Bertz CT molecular complexity index is 228. The molecule has 1 fully saturated rings. The first-order valence-corrected chi connectivity index (χ1v) is 6.69. The summed E-state index contributed by atoms with van der Waals surface area (Å²) >= 11 is 0. The third-order valence-electron chi connectivity index (χ3n) is 3.19. The lowest BCUT2D eigenvalue weighted by atomic mass is 10.0. The van der Waals surface area contributed by atoms with Gasteiger partial charge in [0, 0.05) is 5.92 Å². The zero-order valence-electron chi connectivity index (χ0n) is 10.9. The number of piperidine rings is 1. The lowest BCUT2D eigenvalue weighted by molar-refractivity contribution is -0.908. The van der Waals surface area contributed by atoms with Crippen LogP contribution in [0.2, 0.25) is 0 Å². The van der Waals surface area contributed by atoms with Crippen LogP contribution in [-0.2, 0) is 9.47 Å². The lowest BCUT2D eigenvalue weighted by Crippen LogP contribution is -3.14. The standard InChI is InChI=1S/C13H24N2O2/c1-13-4-2-6-15(12-13)7-9-17-11-10-16-8-3-5-14/h13H,2-4,6-12H2,1H3/p+1. The highest BCUT2D eigenvalue weighted by molar-refractivity contribution is 4.66. The Morgan fingerprint density at radius 2 is 2.00 bits per heavy atom. The van der Waals surface area contributed by atoms with Gasteiger partial charge in [-0.2, -0.15) is 5.26 Å². The molecule has 0 radical (unpaired) electrons. The predicted molar refractivity (Wildman–Crippen MR) is 65.8 cm³/mol. The number of nitrogens with one attached hydrogen (secondary N) is 1. The predicted octanol–water partition coefficient (Wildman–Crippen LogP) is 0.248. The average Bonchev–Trinajstić information content (AvgIpc) is 2.33. The Morgan fingerprint density at radius 3 is 2.71 bits per heavy atom. The molecule has 0 aliphatic carbocycles. The van der Waals surface area contributed by atoms with Crippen LogP contribution in [0.5, 0.6) is 0 Å². The highest BCUT2D eigenvalue weighted by Gasteiger charge is 2.18. The van der Waals surface area contributed by atoms with Crippen molar-refractivity contribution < 1.29 is 14.4 Å². The van der Waals surface area contributed by atoms with Gasteiger partial charge in [0.2, 0.25) is 0 Å². The summed E-state index contributed by atoms with van der Waals surface area (Å²) in [6, 6.07) is 2.05. The van der Waals surface area contributed by atoms with Crippen LogP contribution in [0, 0.1) is 17.2 Å². The fourth-order valence-corrected chi connectivity index (χ4v) is 2.28. The van der Waals surface area contributed by atoms with Crippen LogP contribution < -0.4 is 4.90 Å². The molecule has 0 amide bonds. The summed E-state index contributed by atoms with van der Waals surface area (Å²) in [5.74, 6) is 0.869. The molecule has 0 aromatic carbocycles. The normalized spacial score (nSPS) is 24.5. The van der Waals surface area contributed by atoms with Crippen LogP contribution in [-0.4, -0.2) is 46.1 Å². The van der Waals surface area contributed by atoms with E-state index >= 15 is 0 Å². The Kier molecular flexibility index (Phi) is 7.98. The minimum Gasteiger partial charge on any atom is -0.378 e. The van der Waals surface area contributed by atoms with E-state index in [-0.39, 0.29) is 0 Å². The van der Waals surface area contributed by atoms with Gasteiger partial charge in [0.15, 0.2) is 0 Å². The molecule has 17 heavy (non-hydrogen) atoms. The summed E-state index contributed by atoms with van der Waals surface area (Å²) in [7, 11) is 0. The molecule has 0 aromatic heterocycles. The van der Waals surface area contributed by atoms with E-state index in [1.54, 1.807) is 4.90 Å². The van der Waals surface area contributed by atoms with Gasteiger partial charge in [-0.1, -0.05) is 6.92 Å². The Labute approximate surface area is 104 Å². The molecule has 1 N–H and O–H groups in total. The van der Waals surface area contributed by atoms with Crippen LogP contribution in [0.25, 0.3) is 0 Å². The van der Waals surface area contributed by atoms with Crippen LogP contribution in [0.1, 0.15) is 26.2 Å². The molecule has 2 atom stereocenters. The summed E-state index contributed by atoms with van der Waals surface area (Å²) in [6.07, 6.45) is 3.21. The van der Waals surface area contributed by atoms with Gasteiger partial charge >= 0.3 is 0 Å². The van der Waals surface area contributed by atoms with Crippen molar-refractivity contribution in [1.29, 1.82) is 5.26 Å². The monoisotopic (exact) mass is 241 g/mol. The van der Waals surface area contributed by atoms with Gasteiger partial charge in [0.1, 0.15) is 6.54 Å². The summed E-state index contributed by atoms with van der Waals surface area (Å²) in [4.78, 5) is 1.68. The fourth-order valence-electron chi connectivity index (χ4n) is 2.28. The maximum absolute atomic E-state index is 8.31. The number of nitriles is 1. The van der Waals surface area contributed by atoms with Gasteiger partial charge in [0.25, 0.3) is 0 Å². The van der Waals surface area contributed by atoms with E-state index in [4.69, 9.17) is 14.7 Å². The second-order valence-electron chi connectivity index (χ2n) is 4.83. The summed E-state index contributed by atoms with van der Waals surface area (Å²) in [6.45, 7) is 8.64. The number of rotatable bonds is 8. The molecular formula is C13H25N2O2+. The number of quaternary nitrogens is 1. The van der Waals surface area contributed by atoms with E-state index in [1.165, 1.54) is 25.9 Å². The van der Waals surface area contributed by atoms with Crippen molar-refractivity contribution in [2.24, 2.45) is 5.92 Å². The third-order valence-corrected chi connectivity index (χ3v) is 3.19. The van der Waals surface area contributed by atoms with Gasteiger partial charge in [-0.15, -0.1) is 0 Å². The van der Waals surface area contributed by atoms with Gasteiger partial charge in [-0.05, 0) is 12.8 Å². The van der Waals surface area contributed by atoms with Crippen LogP contribution in [0.15, 0.2) is 0 Å². The van der Waals surface area contributed by atoms with E-state index in [1.807, 2.05) is 6.07 Å². The number of hydrogen-bond donors (Lipinski definition) is 1. The van der Waals surface area contributed by atoms with E-state index in [2.05, 4.69) is 6.92 Å². The van der Waals surface area contributed by atoms with Crippen molar-refractivity contribution in [2.75, 3.05) is 46.1 Å². The van der Waals surface area contributed by atoms with Crippen molar-refractivity contribution in [1.82, 2.24) is 0 Å². The molecule has 1 heterocycles. The minimum atomic E-state index is 0.468.